The van der Waals surface area contributed by atoms with Crippen molar-refractivity contribution in [2.75, 3.05) is 5.32 Å². The van der Waals surface area contributed by atoms with Crippen LogP contribution in [0.25, 0.3) is 0 Å². The van der Waals surface area contributed by atoms with Gasteiger partial charge in [0.15, 0.2) is 0 Å². The van der Waals surface area contributed by atoms with Crippen LogP contribution in [0.5, 0.6) is 0 Å². The van der Waals surface area contributed by atoms with E-state index in [-0.39, 0.29) is 11.9 Å². The monoisotopic (exact) mass is 336 g/mol. The number of aryl methyl sites for hydroxylation is 1. The first-order valence-electron chi connectivity index (χ1n) is 6.89. The fourth-order valence-corrected chi connectivity index (χ4v) is 2.53. The van der Waals surface area contributed by atoms with Crippen LogP contribution in [0.3, 0.4) is 0 Å². The Balaban J connectivity index is 1.83. The number of benzene rings is 1. The Bertz CT molecular complexity index is 711. The lowest BCUT2D eigenvalue weighted by molar-refractivity contribution is 0.0945. The van der Waals surface area contributed by atoms with Gasteiger partial charge in [0.2, 0.25) is 0 Å². The van der Waals surface area contributed by atoms with E-state index in [1.807, 2.05) is 0 Å². The van der Waals surface area contributed by atoms with Crippen molar-refractivity contribution in [3.05, 3.63) is 45.8 Å². The number of aromatic nitrogens is 2. The van der Waals surface area contributed by atoms with Crippen LogP contribution in [0.4, 0.5) is 11.5 Å². The number of hydrogen-bond donors (Lipinski definition) is 2. The molecule has 7 heteroatoms. The standard InChI is InChI=1S/C15H14Cl2N4O/c1-8-18-13(15(22)21-11-2-3-11)7-14(19-8)20-12-5-9(16)4-10(17)6-12/h4-7,11H,2-3H2,1H3,(H,21,22)(H,18,19,20). The number of carbonyl (C=O) groups excluding carboxylic acids is 1. The van der Waals surface area contributed by atoms with Crippen LogP contribution in [0.2, 0.25) is 10.0 Å². The third-order valence-corrected chi connectivity index (χ3v) is 3.55. The van der Waals surface area contributed by atoms with E-state index >= 15 is 0 Å². The lowest BCUT2D eigenvalue weighted by Gasteiger charge is -2.09. The molecule has 1 aliphatic carbocycles. The normalized spacial score (nSPS) is 13.8. The molecular formula is C15H14Cl2N4O. The van der Waals surface area contributed by atoms with E-state index in [0.717, 1.165) is 12.8 Å². The zero-order valence-electron chi connectivity index (χ0n) is 11.9. The zero-order chi connectivity index (χ0) is 15.7. The summed E-state index contributed by atoms with van der Waals surface area (Å²) in [5.41, 5.74) is 1.04. The average molecular weight is 337 g/mol. The van der Waals surface area contributed by atoms with Gasteiger partial charge in [-0.15, -0.1) is 0 Å². The van der Waals surface area contributed by atoms with Crippen molar-refractivity contribution in [1.82, 2.24) is 15.3 Å². The second kappa shape index (κ2) is 6.10. The first kappa shape index (κ1) is 15.1. The minimum atomic E-state index is -0.180. The van der Waals surface area contributed by atoms with Crippen LogP contribution in [-0.4, -0.2) is 21.9 Å². The Morgan fingerprint density at radius 1 is 1.14 bits per heavy atom. The Labute approximate surface area is 138 Å². The summed E-state index contributed by atoms with van der Waals surface area (Å²) in [5, 5.41) is 7.04. The molecule has 0 unspecified atom stereocenters. The van der Waals surface area contributed by atoms with Crippen LogP contribution in [0.15, 0.2) is 24.3 Å². The summed E-state index contributed by atoms with van der Waals surface area (Å²) in [7, 11) is 0. The van der Waals surface area contributed by atoms with Gasteiger partial charge < -0.3 is 10.6 Å². The molecule has 1 aromatic carbocycles. The molecule has 1 amide bonds. The van der Waals surface area contributed by atoms with Crippen LogP contribution in [0.1, 0.15) is 29.2 Å². The fourth-order valence-electron chi connectivity index (χ4n) is 2.01. The molecular weight excluding hydrogens is 323 g/mol. The highest BCUT2D eigenvalue weighted by atomic mass is 35.5. The van der Waals surface area contributed by atoms with Crippen LogP contribution >= 0.6 is 23.2 Å². The second-order valence-electron chi connectivity index (χ2n) is 5.22. The van der Waals surface area contributed by atoms with Gasteiger partial charge in [-0.1, -0.05) is 23.2 Å². The highest BCUT2D eigenvalue weighted by Crippen LogP contribution is 2.25. The van der Waals surface area contributed by atoms with Crippen molar-refractivity contribution in [1.29, 1.82) is 0 Å². The van der Waals surface area contributed by atoms with Gasteiger partial charge in [-0.3, -0.25) is 4.79 Å². The highest BCUT2D eigenvalue weighted by Gasteiger charge is 2.24. The third kappa shape index (κ3) is 3.87. The van der Waals surface area contributed by atoms with Crippen LogP contribution < -0.4 is 10.6 Å². The Kier molecular flexibility index (Phi) is 4.18. The maximum Gasteiger partial charge on any atom is 0.270 e. The number of amides is 1. The van der Waals surface area contributed by atoms with Gasteiger partial charge in [0.1, 0.15) is 17.3 Å². The van der Waals surface area contributed by atoms with Crippen molar-refractivity contribution in [3.63, 3.8) is 0 Å². The highest BCUT2D eigenvalue weighted by molar-refractivity contribution is 6.35. The van der Waals surface area contributed by atoms with E-state index in [2.05, 4.69) is 20.6 Å². The van der Waals surface area contributed by atoms with Crippen molar-refractivity contribution in [2.24, 2.45) is 0 Å². The molecule has 0 atom stereocenters. The van der Waals surface area contributed by atoms with Gasteiger partial charge in [-0.05, 0) is 38.0 Å². The van der Waals surface area contributed by atoms with Gasteiger partial charge in [-0.25, -0.2) is 9.97 Å². The van der Waals surface area contributed by atoms with Crippen molar-refractivity contribution in [3.8, 4) is 0 Å². The van der Waals surface area contributed by atoms with E-state index in [4.69, 9.17) is 23.2 Å². The molecule has 2 N–H and O–H groups in total. The lowest BCUT2D eigenvalue weighted by atomic mass is 10.3. The molecule has 0 aliphatic heterocycles. The van der Waals surface area contributed by atoms with Gasteiger partial charge in [0.25, 0.3) is 5.91 Å². The molecule has 0 saturated heterocycles. The van der Waals surface area contributed by atoms with Crippen molar-refractivity contribution >= 4 is 40.6 Å². The number of nitrogens with one attached hydrogen (secondary N) is 2. The van der Waals surface area contributed by atoms with E-state index in [1.165, 1.54) is 0 Å². The summed E-state index contributed by atoms with van der Waals surface area (Å²) in [6.07, 6.45) is 2.06. The molecule has 1 saturated carbocycles. The number of anilines is 2. The van der Waals surface area contributed by atoms with Gasteiger partial charge in [-0.2, -0.15) is 0 Å². The number of halogens is 2. The Hall–Kier alpha value is -1.85. The SMILES string of the molecule is Cc1nc(Nc2cc(Cl)cc(Cl)c2)cc(C(=O)NC2CC2)n1. The summed E-state index contributed by atoms with van der Waals surface area (Å²) in [5.74, 6) is 0.853. The van der Waals surface area contributed by atoms with E-state index in [9.17, 15) is 4.79 Å². The van der Waals surface area contributed by atoms with Crippen molar-refractivity contribution in [2.45, 2.75) is 25.8 Å². The van der Waals surface area contributed by atoms with Gasteiger partial charge >= 0.3 is 0 Å². The molecule has 2 aromatic rings. The Morgan fingerprint density at radius 2 is 1.82 bits per heavy atom. The molecule has 0 bridgehead atoms. The predicted octanol–water partition coefficient (Wildman–Crippen LogP) is 3.73. The van der Waals surface area contributed by atoms with Gasteiger partial charge in [0.05, 0.1) is 0 Å². The zero-order valence-corrected chi connectivity index (χ0v) is 13.4. The second-order valence-corrected chi connectivity index (χ2v) is 6.09. The van der Waals surface area contributed by atoms with E-state index < -0.39 is 0 Å². The minimum Gasteiger partial charge on any atom is -0.348 e. The van der Waals surface area contributed by atoms with Crippen LogP contribution in [0, 0.1) is 6.92 Å². The summed E-state index contributed by atoms with van der Waals surface area (Å²) < 4.78 is 0. The maximum atomic E-state index is 12.1. The van der Waals surface area contributed by atoms with E-state index in [1.54, 1.807) is 31.2 Å². The topological polar surface area (TPSA) is 66.9 Å². The summed E-state index contributed by atoms with van der Waals surface area (Å²) in [6.45, 7) is 1.74. The first-order valence-corrected chi connectivity index (χ1v) is 7.65. The smallest absolute Gasteiger partial charge is 0.270 e. The van der Waals surface area contributed by atoms with Gasteiger partial charge in [0, 0.05) is 27.8 Å². The number of carbonyl (C=O) groups is 1. The lowest BCUT2D eigenvalue weighted by Crippen LogP contribution is -2.26. The molecule has 1 heterocycles. The molecule has 0 spiro atoms. The molecule has 5 nitrogen and oxygen atoms in total. The predicted molar refractivity (Wildman–Crippen MR) is 87.0 cm³/mol. The number of nitrogens with zero attached hydrogens (tertiary/aromatic N) is 2. The molecule has 22 heavy (non-hydrogen) atoms. The minimum absolute atomic E-state index is 0.180. The first-order chi connectivity index (χ1) is 10.5. The Morgan fingerprint density at radius 3 is 2.45 bits per heavy atom. The molecule has 114 valence electrons. The number of hydrogen-bond acceptors (Lipinski definition) is 4. The van der Waals surface area contributed by atoms with Crippen LogP contribution in [-0.2, 0) is 0 Å². The summed E-state index contributed by atoms with van der Waals surface area (Å²) >= 11 is 11.9. The third-order valence-electron chi connectivity index (χ3n) is 3.12. The largest absolute Gasteiger partial charge is 0.348 e. The molecule has 1 fully saturated rings. The fraction of sp³-hybridized carbons (Fsp3) is 0.267. The molecule has 1 aromatic heterocycles. The molecule has 0 radical (unpaired) electrons. The average Bonchev–Trinajstić information content (AvgIpc) is 3.20. The molecule has 3 rings (SSSR count). The quantitative estimate of drug-likeness (QED) is 0.892. The van der Waals surface area contributed by atoms with Crippen molar-refractivity contribution < 1.29 is 4.79 Å². The summed E-state index contributed by atoms with van der Waals surface area (Å²) in [4.78, 5) is 20.5. The van der Waals surface area contributed by atoms with E-state index in [0.29, 0.717) is 33.1 Å². The number of rotatable bonds is 4. The summed E-state index contributed by atoms with van der Waals surface area (Å²) in [6, 6.07) is 7.00. The maximum absolute atomic E-state index is 12.1. The molecule has 1 aliphatic rings.